The third-order valence-electron chi connectivity index (χ3n) is 7.55. The second-order valence-electron chi connectivity index (χ2n) is 11.4. The lowest BCUT2D eigenvalue weighted by atomic mass is 9.62. The summed E-state index contributed by atoms with van der Waals surface area (Å²) in [5, 5.41) is 12.7. The second-order valence-corrected chi connectivity index (χ2v) is 12.4. The number of furan rings is 1. The molecule has 2 N–H and O–H groups in total. The lowest BCUT2D eigenvalue weighted by Crippen LogP contribution is -2.39. The first-order valence-corrected chi connectivity index (χ1v) is 14.0. The molecule has 0 bridgehead atoms. The molecule has 0 fully saturated rings. The Bertz CT molecular complexity index is 1200. The van der Waals surface area contributed by atoms with Gasteiger partial charge >= 0.3 is 0 Å². The molecule has 1 amide bonds. The van der Waals surface area contributed by atoms with Crippen LogP contribution in [0.25, 0.3) is 0 Å². The van der Waals surface area contributed by atoms with Gasteiger partial charge in [-0.3, -0.25) is 4.79 Å². The third-order valence-corrected chi connectivity index (χ3v) is 8.72. The van der Waals surface area contributed by atoms with Crippen molar-refractivity contribution in [3.8, 4) is 0 Å². The van der Waals surface area contributed by atoms with Gasteiger partial charge in [-0.25, -0.2) is 0 Å². The van der Waals surface area contributed by atoms with Gasteiger partial charge in [0.1, 0.15) is 5.76 Å². The van der Waals surface area contributed by atoms with E-state index in [1.807, 2.05) is 24.3 Å². The van der Waals surface area contributed by atoms with E-state index in [1.54, 1.807) is 17.8 Å². The molecule has 1 atom stereocenters. The summed E-state index contributed by atoms with van der Waals surface area (Å²) in [6, 6.07) is 18.2. The van der Waals surface area contributed by atoms with Crippen LogP contribution in [0.1, 0.15) is 84.7 Å². The van der Waals surface area contributed by atoms with Crippen LogP contribution in [0.4, 0.5) is 0 Å². The highest BCUT2D eigenvalue weighted by molar-refractivity contribution is 7.98. The fraction of sp³-hybridized carbons (Fsp3) is 0.452. The van der Waals surface area contributed by atoms with Crippen LogP contribution in [-0.2, 0) is 23.0 Å². The van der Waals surface area contributed by atoms with E-state index in [-0.39, 0.29) is 35.1 Å². The number of thioether (sulfide) groups is 1. The van der Waals surface area contributed by atoms with Gasteiger partial charge in [-0.2, -0.15) is 11.8 Å². The number of benzene rings is 2. The molecule has 5 heteroatoms. The Morgan fingerprint density at radius 2 is 1.69 bits per heavy atom. The Hall–Kier alpha value is -2.50. The normalized spacial score (nSPS) is 16.8. The number of aryl methyl sites for hydroxylation is 1. The SMILES string of the molecule is Cc1cc2c(cc1Cc1ccc(C(=O)NC(CO)CSCc3ccccc3)o1)C(C)(C)CCC2(C)C. The first-order valence-electron chi connectivity index (χ1n) is 12.9. The van der Waals surface area contributed by atoms with Gasteiger partial charge in [0, 0.05) is 17.9 Å². The van der Waals surface area contributed by atoms with Crippen LogP contribution in [0.5, 0.6) is 0 Å². The number of hydrogen-bond acceptors (Lipinski definition) is 4. The zero-order valence-electron chi connectivity index (χ0n) is 22.2. The van der Waals surface area contributed by atoms with Crippen molar-refractivity contribution in [3.05, 3.63) is 93.9 Å². The predicted octanol–water partition coefficient (Wildman–Crippen LogP) is 6.55. The summed E-state index contributed by atoms with van der Waals surface area (Å²) >= 11 is 1.69. The van der Waals surface area contributed by atoms with Gasteiger partial charge in [0.15, 0.2) is 5.76 Å². The molecule has 4 nitrogen and oxygen atoms in total. The van der Waals surface area contributed by atoms with Crippen molar-refractivity contribution in [2.75, 3.05) is 12.4 Å². The van der Waals surface area contributed by atoms with E-state index in [1.165, 1.54) is 40.7 Å². The van der Waals surface area contributed by atoms with Gasteiger partial charge in [-0.05, 0) is 70.5 Å². The summed E-state index contributed by atoms with van der Waals surface area (Å²) in [7, 11) is 0. The lowest BCUT2D eigenvalue weighted by Gasteiger charge is -2.42. The molecule has 36 heavy (non-hydrogen) atoms. The number of rotatable bonds is 9. The van der Waals surface area contributed by atoms with E-state index in [4.69, 9.17) is 4.42 Å². The van der Waals surface area contributed by atoms with Crippen LogP contribution in [0.2, 0.25) is 0 Å². The van der Waals surface area contributed by atoms with Crippen molar-refractivity contribution in [1.29, 1.82) is 0 Å². The molecule has 0 radical (unpaired) electrons. The van der Waals surface area contributed by atoms with E-state index in [0.717, 1.165) is 11.5 Å². The van der Waals surface area contributed by atoms with Crippen LogP contribution in [0.3, 0.4) is 0 Å². The van der Waals surface area contributed by atoms with E-state index < -0.39 is 0 Å². The first-order chi connectivity index (χ1) is 17.1. The fourth-order valence-electron chi connectivity index (χ4n) is 5.03. The van der Waals surface area contributed by atoms with Crippen molar-refractivity contribution in [2.45, 2.75) is 76.5 Å². The Labute approximate surface area is 219 Å². The van der Waals surface area contributed by atoms with Gasteiger partial charge < -0.3 is 14.8 Å². The van der Waals surface area contributed by atoms with Gasteiger partial charge in [-0.1, -0.05) is 70.2 Å². The number of aliphatic hydroxyl groups is 1. The van der Waals surface area contributed by atoms with Gasteiger partial charge in [0.05, 0.1) is 12.6 Å². The zero-order valence-corrected chi connectivity index (χ0v) is 23.0. The van der Waals surface area contributed by atoms with Crippen LogP contribution in [-0.4, -0.2) is 29.4 Å². The summed E-state index contributed by atoms with van der Waals surface area (Å²) in [6.45, 7) is 11.4. The predicted molar refractivity (Wildman–Crippen MR) is 149 cm³/mol. The summed E-state index contributed by atoms with van der Waals surface area (Å²) in [4.78, 5) is 12.8. The van der Waals surface area contributed by atoms with Crippen LogP contribution in [0.15, 0.2) is 59.0 Å². The summed E-state index contributed by atoms with van der Waals surface area (Å²) in [5.41, 5.74) is 6.96. The van der Waals surface area contributed by atoms with Gasteiger partial charge in [0.25, 0.3) is 5.91 Å². The largest absolute Gasteiger partial charge is 0.456 e. The number of carbonyl (C=O) groups is 1. The van der Waals surface area contributed by atoms with E-state index in [0.29, 0.717) is 12.2 Å². The van der Waals surface area contributed by atoms with Crippen LogP contribution < -0.4 is 5.32 Å². The maximum Gasteiger partial charge on any atom is 0.287 e. The molecule has 192 valence electrons. The minimum Gasteiger partial charge on any atom is -0.456 e. The summed E-state index contributed by atoms with van der Waals surface area (Å²) in [5.74, 6) is 2.24. The molecule has 1 aliphatic rings. The quantitative estimate of drug-likeness (QED) is 0.346. The maximum atomic E-state index is 12.8. The number of amides is 1. The number of carbonyl (C=O) groups excluding carboxylic acids is 1. The average molecular weight is 506 g/mol. The molecule has 1 unspecified atom stereocenters. The zero-order chi connectivity index (χ0) is 25.9. The minimum atomic E-state index is -0.326. The second kappa shape index (κ2) is 10.9. The van der Waals surface area contributed by atoms with Crippen molar-refractivity contribution in [1.82, 2.24) is 5.32 Å². The van der Waals surface area contributed by atoms with Crippen molar-refractivity contribution < 1.29 is 14.3 Å². The van der Waals surface area contributed by atoms with E-state index in [9.17, 15) is 9.90 Å². The molecule has 0 saturated heterocycles. The highest BCUT2D eigenvalue weighted by Crippen LogP contribution is 2.46. The molecule has 0 aliphatic heterocycles. The topological polar surface area (TPSA) is 62.5 Å². The number of nitrogens with one attached hydrogen (secondary N) is 1. The Kier molecular flexibility index (Phi) is 8.01. The highest BCUT2D eigenvalue weighted by Gasteiger charge is 2.37. The fourth-order valence-corrected chi connectivity index (χ4v) is 6.05. The molecule has 1 aromatic heterocycles. The van der Waals surface area contributed by atoms with Crippen molar-refractivity contribution in [2.24, 2.45) is 0 Å². The Morgan fingerprint density at radius 1 is 1.03 bits per heavy atom. The number of hydrogen-bond donors (Lipinski definition) is 2. The molecule has 3 aromatic rings. The van der Waals surface area contributed by atoms with Crippen LogP contribution >= 0.6 is 11.8 Å². The summed E-state index contributed by atoms with van der Waals surface area (Å²) in [6.07, 6.45) is 3.03. The molecule has 0 saturated carbocycles. The molecule has 4 rings (SSSR count). The smallest absolute Gasteiger partial charge is 0.287 e. The van der Waals surface area contributed by atoms with E-state index >= 15 is 0 Å². The van der Waals surface area contributed by atoms with E-state index in [2.05, 4.69) is 64.2 Å². The van der Waals surface area contributed by atoms with Gasteiger partial charge in [0.2, 0.25) is 0 Å². The monoisotopic (exact) mass is 505 g/mol. The molecule has 0 spiro atoms. The van der Waals surface area contributed by atoms with Gasteiger partial charge in [-0.15, -0.1) is 0 Å². The first kappa shape index (κ1) is 26.6. The molecular weight excluding hydrogens is 466 g/mol. The Balaban J connectivity index is 1.40. The minimum absolute atomic E-state index is 0.110. The Morgan fingerprint density at radius 3 is 2.36 bits per heavy atom. The maximum absolute atomic E-state index is 12.8. The highest BCUT2D eigenvalue weighted by atomic mass is 32.2. The molecular formula is C31H39NO3S. The summed E-state index contributed by atoms with van der Waals surface area (Å²) < 4.78 is 5.96. The number of aliphatic hydroxyl groups excluding tert-OH is 1. The molecule has 1 aliphatic carbocycles. The number of fused-ring (bicyclic) bond motifs is 1. The molecule has 1 heterocycles. The molecule has 2 aromatic carbocycles. The van der Waals surface area contributed by atoms with Crippen LogP contribution in [0, 0.1) is 6.92 Å². The standard InChI is InChI=1S/C31H39NO3S/c1-21-15-26-27(31(4,5)14-13-30(26,2)3)17-23(21)16-25-11-12-28(35-25)29(34)32-24(18-33)20-36-19-22-9-7-6-8-10-22/h6-12,15,17,24,33H,13-14,16,18-20H2,1-5H3,(H,32,34). The lowest BCUT2D eigenvalue weighted by molar-refractivity contribution is 0.0894. The third kappa shape index (κ3) is 6.07. The van der Waals surface area contributed by atoms with Crippen molar-refractivity contribution >= 4 is 17.7 Å². The van der Waals surface area contributed by atoms with Crippen molar-refractivity contribution in [3.63, 3.8) is 0 Å². The average Bonchev–Trinajstić information content (AvgIpc) is 3.32.